The van der Waals surface area contributed by atoms with Crippen LogP contribution in [0.25, 0.3) is 0 Å². The van der Waals surface area contributed by atoms with Crippen molar-refractivity contribution in [3.8, 4) is 0 Å². The largest absolute Gasteiger partial charge is 0.397 e. The van der Waals surface area contributed by atoms with E-state index in [9.17, 15) is 38.2 Å². The summed E-state index contributed by atoms with van der Waals surface area (Å²) < 4.78 is 47.6. The fourth-order valence-corrected chi connectivity index (χ4v) is 8.55. The maximum absolute atomic E-state index is 13.0. The van der Waals surface area contributed by atoms with Crippen molar-refractivity contribution in [3.63, 3.8) is 0 Å². The lowest BCUT2D eigenvalue weighted by molar-refractivity contribution is -0.298. The van der Waals surface area contributed by atoms with Crippen LogP contribution in [0.4, 0.5) is 0 Å². The van der Waals surface area contributed by atoms with Crippen LogP contribution in [0, 0.1) is 0 Å². The molecule has 1 fully saturated rings. The fraction of sp³-hybridized carbons (Fsp3) is 0.898. The molecule has 7 unspecified atom stereocenters. The molecular weight excluding hydrogens is 811 g/mol. The number of hydrogen-bond donors (Lipinski definition) is 6. The number of unbranched alkanes of at least 4 members (excludes halogenated alkanes) is 29. The first kappa shape index (κ1) is 58.6. The third kappa shape index (κ3) is 32.3. The number of ether oxygens (including phenoxy) is 2. The number of allylic oxidation sites excluding steroid dienone is 3. The Balaban J connectivity index is 2.41. The van der Waals surface area contributed by atoms with Gasteiger partial charge < -0.3 is 35.2 Å². The minimum absolute atomic E-state index is 0.265. The highest BCUT2D eigenvalue weighted by Gasteiger charge is 2.48. The number of aliphatic hydroxyl groups is 4. The lowest BCUT2D eigenvalue weighted by Crippen LogP contribution is -2.61. The summed E-state index contributed by atoms with van der Waals surface area (Å²) in [6.45, 7) is 3.39. The first-order valence-corrected chi connectivity index (χ1v) is 26.6. The number of hydrogen-bond acceptors (Lipinski definition) is 10. The number of aliphatic hydroxyl groups excluding tert-OH is 4. The number of carbonyl (C=O) groups excluding carboxylic acids is 1. The SMILES string of the molecule is CCCCCCCCCCCC/C=C/C(O)C(COC1OC(CO)C(O)C(OS(=O)(=O)O)C1O)NC(=O)CCCCCCCCC/C=C\CCCCCCCCCCCCCC. The van der Waals surface area contributed by atoms with E-state index >= 15 is 0 Å². The summed E-state index contributed by atoms with van der Waals surface area (Å²) in [6.07, 6.45) is 38.0. The molecule has 62 heavy (non-hydrogen) atoms. The van der Waals surface area contributed by atoms with Gasteiger partial charge >= 0.3 is 10.4 Å². The van der Waals surface area contributed by atoms with Gasteiger partial charge in [-0.15, -0.1) is 0 Å². The summed E-state index contributed by atoms with van der Waals surface area (Å²) >= 11 is 0. The van der Waals surface area contributed by atoms with E-state index in [0.29, 0.717) is 6.42 Å². The van der Waals surface area contributed by atoms with E-state index in [1.165, 1.54) is 154 Å². The standard InChI is InChI=1S/C49H93NO11S/c1-3-5-7-9-11-13-15-17-18-19-20-21-22-23-24-25-26-27-29-31-33-35-37-39-45(53)50-42(43(52)38-36-34-32-30-28-16-14-12-10-8-6-4-2)41-59-49-47(55)48(61-62(56,57)58)46(54)44(40-51)60-49/h23-24,36,38,42-44,46-49,51-52,54-55H,3-22,25-35,37,39-41H2,1-2H3,(H,50,53)(H,56,57,58)/b24-23-,38-36+. The second-order valence-electron chi connectivity index (χ2n) is 17.8. The molecule has 1 aliphatic rings. The van der Waals surface area contributed by atoms with Gasteiger partial charge in [-0.05, 0) is 44.9 Å². The Hall–Kier alpha value is -1.42. The predicted octanol–water partition coefficient (Wildman–Crippen LogP) is 10.5. The molecule has 6 N–H and O–H groups in total. The minimum Gasteiger partial charge on any atom is -0.394 e. The third-order valence-corrected chi connectivity index (χ3v) is 12.4. The van der Waals surface area contributed by atoms with E-state index in [-0.39, 0.29) is 18.9 Å². The third-order valence-electron chi connectivity index (χ3n) is 12.0. The van der Waals surface area contributed by atoms with Gasteiger partial charge in [0.15, 0.2) is 6.29 Å². The molecule has 366 valence electrons. The summed E-state index contributed by atoms with van der Waals surface area (Å²) in [4.78, 5) is 13.0. The number of nitrogens with one attached hydrogen (secondary N) is 1. The van der Waals surface area contributed by atoms with Crippen molar-refractivity contribution in [2.45, 2.75) is 269 Å². The number of carbonyl (C=O) groups is 1. The number of rotatable bonds is 43. The van der Waals surface area contributed by atoms with Gasteiger partial charge in [-0.2, -0.15) is 8.42 Å². The van der Waals surface area contributed by atoms with Gasteiger partial charge in [-0.3, -0.25) is 9.35 Å². The highest BCUT2D eigenvalue weighted by atomic mass is 32.3. The summed E-state index contributed by atoms with van der Waals surface area (Å²) in [5.41, 5.74) is 0. The molecule has 0 aromatic heterocycles. The van der Waals surface area contributed by atoms with E-state index in [4.69, 9.17) is 9.47 Å². The van der Waals surface area contributed by atoms with Crippen molar-refractivity contribution in [1.82, 2.24) is 5.32 Å². The first-order chi connectivity index (χ1) is 30.0. The lowest BCUT2D eigenvalue weighted by Gasteiger charge is -2.41. The molecule has 0 bridgehead atoms. The smallest absolute Gasteiger partial charge is 0.394 e. The van der Waals surface area contributed by atoms with Crippen LogP contribution >= 0.6 is 0 Å². The summed E-state index contributed by atoms with van der Waals surface area (Å²) in [5, 5.41) is 44.7. The molecule has 12 nitrogen and oxygen atoms in total. The maximum atomic E-state index is 13.0. The van der Waals surface area contributed by atoms with Gasteiger partial charge in [0, 0.05) is 6.42 Å². The van der Waals surface area contributed by atoms with Crippen molar-refractivity contribution < 1.29 is 51.8 Å². The molecule has 0 aromatic rings. The van der Waals surface area contributed by atoms with Crippen LogP contribution in [-0.2, 0) is 28.9 Å². The van der Waals surface area contributed by atoms with E-state index < -0.39 is 59.9 Å². The van der Waals surface area contributed by atoms with Crippen molar-refractivity contribution in [1.29, 1.82) is 0 Å². The summed E-state index contributed by atoms with van der Waals surface area (Å²) in [5.74, 6) is -0.266. The van der Waals surface area contributed by atoms with E-state index in [1.54, 1.807) is 6.08 Å². The van der Waals surface area contributed by atoms with Crippen LogP contribution < -0.4 is 5.32 Å². The topological polar surface area (TPSA) is 192 Å². The minimum atomic E-state index is -5.08. The molecule has 0 aliphatic carbocycles. The molecule has 1 saturated heterocycles. The Labute approximate surface area is 378 Å². The van der Waals surface area contributed by atoms with Crippen LogP contribution in [0.1, 0.15) is 226 Å². The van der Waals surface area contributed by atoms with E-state index in [0.717, 1.165) is 44.9 Å². The summed E-state index contributed by atoms with van der Waals surface area (Å²) in [7, 11) is -5.08. The predicted molar refractivity (Wildman–Crippen MR) is 250 cm³/mol. The summed E-state index contributed by atoms with van der Waals surface area (Å²) in [6, 6.07) is -0.943. The van der Waals surface area contributed by atoms with Crippen LogP contribution in [0.3, 0.4) is 0 Å². The Kier molecular flexibility index (Phi) is 37.7. The molecule has 0 saturated carbocycles. The van der Waals surface area contributed by atoms with Gasteiger partial charge in [0.05, 0.1) is 25.4 Å². The van der Waals surface area contributed by atoms with Crippen molar-refractivity contribution in [2.24, 2.45) is 0 Å². The zero-order valence-electron chi connectivity index (χ0n) is 39.2. The molecule has 7 atom stereocenters. The van der Waals surface area contributed by atoms with Gasteiger partial charge in [0.2, 0.25) is 5.91 Å². The Bertz CT molecular complexity index is 1200. The average molecular weight is 904 g/mol. The van der Waals surface area contributed by atoms with Crippen LogP contribution in [0.5, 0.6) is 0 Å². The van der Waals surface area contributed by atoms with Crippen molar-refractivity contribution in [2.75, 3.05) is 13.2 Å². The quantitative estimate of drug-likeness (QED) is 0.0194. The fourth-order valence-electron chi connectivity index (χ4n) is 8.04. The monoisotopic (exact) mass is 904 g/mol. The molecule has 1 heterocycles. The van der Waals surface area contributed by atoms with Gasteiger partial charge in [-0.1, -0.05) is 199 Å². The molecular formula is C49H93NO11S. The number of amides is 1. The van der Waals surface area contributed by atoms with Crippen LogP contribution in [0.15, 0.2) is 24.3 Å². The van der Waals surface area contributed by atoms with Crippen molar-refractivity contribution >= 4 is 16.3 Å². The van der Waals surface area contributed by atoms with Gasteiger partial charge in [0.25, 0.3) is 0 Å². The molecule has 0 spiro atoms. The highest BCUT2D eigenvalue weighted by Crippen LogP contribution is 2.26. The Morgan fingerprint density at radius 1 is 0.629 bits per heavy atom. The molecule has 1 amide bonds. The Morgan fingerprint density at radius 2 is 1.03 bits per heavy atom. The highest BCUT2D eigenvalue weighted by molar-refractivity contribution is 7.80. The zero-order chi connectivity index (χ0) is 45.5. The van der Waals surface area contributed by atoms with Gasteiger partial charge in [0.1, 0.15) is 24.4 Å². The second-order valence-corrected chi connectivity index (χ2v) is 18.8. The molecule has 0 radical (unpaired) electrons. The molecule has 0 aromatic carbocycles. The molecule has 13 heteroatoms. The second kappa shape index (κ2) is 39.9. The Morgan fingerprint density at radius 3 is 1.45 bits per heavy atom. The van der Waals surface area contributed by atoms with E-state index in [2.05, 4.69) is 35.5 Å². The van der Waals surface area contributed by atoms with Crippen molar-refractivity contribution in [3.05, 3.63) is 24.3 Å². The molecule has 1 rings (SSSR count). The van der Waals surface area contributed by atoms with Crippen LogP contribution in [0.2, 0.25) is 0 Å². The zero-order valence-corrected chi connectivity index (χ0v) is 40.0. The lowest BCUT2D eigenvalue weighted by atomic mass is 9.99. The average Bonchev–Trinajstić information content (AvgIpc) is 3.24. The van der Waals surface area contributed by atoms with Gasteiger partial charge in [-0.25, -0.2) is 4.18 Å². The van der Waals surface area contributed by atoms with E-state index in [1.807, 2.05) is 6.08 Å². The molecule has 1 aliphatic heterocycles. The van der Waals surface area contributed by atoms with Crippen LogP contribution in [-0.4, -0.2) is 95.4 Å². The maximum Gasteiger partial charge on any atom is 0.397 e. The normalized spacial score (nSPS) is 20.7. The first-order valence-electron chi connectivity index (χ1n) is 25.2.